The van der Waals surface area contributed by atoms with Gasteiger partial charge in [0.2, 0.25) is 0 Å². The van der Waals surface area contributed by atoms with E-state index in [-0.39, 0.29) is 11.4 Å². The Morgan fingerprint density at radius 3 is 2.95 bits per heavy atom. The summed E-state index contributed by atoms with van der Waals surface area (Å²) in [6.45, 7) is 7.09. The summed E-state index contributed by atoms with van der Waals surface area (Å²) in [4.78, 5) is 17.5. The Kier molecular flexibility index (Phi) is 3.37. The molecule has 6 heteroatoms. The number of ether oxygens (including phenoxy) is 1. The molecule has 0 saturated carbocycles. The van der Waals surface area contributed by atoms with E-state index in [9.17, 15) is 4.79 Å². The maximum Gasteiger partial charge on any atom is 0.264 e. The minimum absolute atomic E-state index is 0.126. The van der Waals surface area contributed by atoms with Crippen LogP contribution in [0.3, 0.4) is 0 Å². The maximum atomic E-state index is 12.5. The Labute approximate surface area is 127 Å². The van der Waals surface area contributed by atoms with Crippen molar-refractivity contribution in [3.8, 4) is 0 Å². The van der Waals surface area contributed by atoms with E-state index < -0.39 is 0 Å². The number of amides is 1. The molecule has 2 aromatic heterocycles. The lowest BCUT2D eigenvalue weighted by atomic mass is 10.0. The predicted octanol–water partition coefficient (Wildman–Crippen LogP) is 2.40. The number of hydrogen-bond donors (Lipinski definition) is 2. The van der Waals surface area contributed by atoms with Crippen molar-refractivity contribution in [2.45, 2.75) is 32.7 Å². The summed E-state index contributed by atoms with van der Waals surface area (Å²) in [5, 5.41) is 3.95. The van der Waals surface area contributed by atoms with Crippen LogP contribution in [0.15, 0.2) is 6.07 Å². The van der Waals surface area contributed by atoms with E-state index in [0.29, 0.717) is 23.8 Å². The van der Waals surface area contributed by atoms with Crippen LogP contribution in [0.2, 0.25) is 0 Å². The lowest BCUT2D eigenvalue weighted by Gasteiger charge is -2.23. The highest BCUT2D eigenvalue weighted by Crippen LogP contribution is 2.36. The first-order valence-electron chi connectivity index (χ1n) is 6.96. The highest BCUT2D eigenvalue weighted by atomic mass is 32.1. The van der Waals surface area contributed by atoms with Gasteiger partial charge in [0.05, 0.1) is 17.8 Å². The van der Waals surface area contributed by atoms with Crippen LogP contribution in [-0.2, 0) is 4.74 Å². The predicted molar refractivity (Wildman–Crippen MR) is 84.8 cm³/mol. The van der Waals surface area contributed by atoms with Crippen molar-refractivity contribution in [3.63, 3.8) is 0 Å². The van der Waals surface area contributed by atoms with Crippen LogP contribution in [0, 0.1) is 13.8 Å². The van der Waals surface area contributed by atoms with E-state index in [1.54, 1.807) is 0 Å². The second-order valence-electron chi connectivity index (χ2n) is 5.88. The van der Waals surface area contributed by atoms with Gasteiger partial charge in [0.15, 0.2) is 0 Å². The first-order valence-corrected chi connectivity index (χ1v) is 7.78. The van der Waals surface area contributed by atoms with Gasteiger partial charge < -0.3 is 15.8 Å². The van der Waals surface area contributed by atoms with Crippen LogP contribution in [-0.4, -0.2) is 29.6 Å². The third-order valence-corrected chi connectivity index (χ3v) is 5.01. The Balaban J connectivity index is 1.98. The zero-order chi connectivity index (χ0) is 15.2. The molecule has 1 fully saturated rings. The monoisotopic (exact) mass is 305 g/mol. The van der Waals surface area contributed by atoms with Crippen LogP contribution in [0.5, 0.6) is 0 Å². The minimum Gasteiger partial charge on any atom is -0.397 e. The zero-order valence-electron chi connectivity index (χ0n) is 12.4. The quantitative estimate of drug-likeness (QED) is 0.893. The van der Waals surface area contributed by atoms with Crippen LogP contribution >= 0.6 is 11.3 Å². The Hall–Kier alpha value is -1.66. The van der Waals surface area contributed by atoms with Gasteiger partial charge in [-0.1, -0.05) is 0 Å². The molecule has 2 aromatic rings. The van der Waals surface area contributed by atoms with E-state index in [1.807, 2.05) is 26.8 Å². The molecule has 1 atom stereocenters. The van der Waals surface area contributed by atoms with Gasteiger partial charge in [0.1, 0.15) is 4.88 Å². The molecule has 1 amide bonds. The lowest BCUT2D eigenvalue weighted by molar-refractivity contribution is 0.0895. The number of thiophene rings is 1. The fourth-order valence-corrected chi connectivity index (χ4v) is 3.91. The number of anilines is 1. The molecule has 5 nitrogen and oxygen atoms in total. The van der Waals surface area contributed by atoms with Crippen LogP contribution in [0.25, 0.3) is 10.1 Å². The van der Waals surface area contributed by atoms with Gasteiger partial charge in [-0.2, -0.15) is 0 Å². The molecular weight excluding hydrogens is 286 g/mol. The van der Waals surface area contributed by atoms with Crippen molar-refractivity contribution < 1.29 is 9.53 Å². The molecule has 112 valence electrons. The average Bonchev–Trinajstić information content (AvgIpc) is 2.94. The second kappa shape index (κ2) is 4.96. The summed E-state index contributed by atoms with van der Waals surface area (Å²) in [6, 6.07) is 1.97. The number of nitrogen functional groups attached to an aromatic ring is 1. The summed E-state index contributed by atoms with van der Waals surface area (Å²) in [5.41, 5.74) is 8.21. The fraction of sp³-hybridized carbons (Fsp3) is 0.467. The maximum absolute atomic E-state index is 12.5. The Morgan fingerprint density at radius 2 is 2.29 bits per heavy atom. The molecule has 1 aliphatic heterocycles. The molecule has 0 aromatic carbocycles. The molecule has 0 aliphatic carbocycles. The smallest absolute Gasteiger partial charge is 0.264 e. The number of nitrogens with zero attached hydrogens (tertiary/aromatic N) is 1. The number of nitrogens with one attached hydrogen (secondary N) is 1. The zero-order valence-corrected chi connectivity index (χ0v) is 13.3. The van der Waals surface area contributed by atoms with E-state index in [0.717, 1.165) is 27.9 Å². The number of fused-ring (bicyclic) bond motifs is 1. The van der Waals surface area contributed by atoms with Crippen molar-refractivity contribution in [1.29, 1.82) is 0 Å². The number of hydrogen-bond acceptors (Lipinski definition) is 5. The number of aryl methyl sites for hydroxylation is 2. The van der Waals surface area contributed by atoms with Gasteiger partial charge in [-0.15, -0.1) is 11.3 Å². The van der Waals surface area contributed by atoms with E-state index in [4.69, 9.17) is 10.5 Å². The third kappa shape index (κ3) is 2.49. The molecule has 1 aliphatic rings. The summed E-state index contributed by atoms with van der Waals surface area (Å²) in [5.74, 6) is -0.126. The van der Waals surface area contributed by atoms with E-state index >= 15 is 0 Å². The van der Waals surface area contributed by atoms with Gasteiger partial charge in [-0.25, -0.2) is 0 Å². The Morgan fingerprint density at radius 1 is 1.52 bits per heavy atom. The highest BCUT2D eigenvalue weighted by Gasteiger charge is 2.32. The summed E-state index contributed by atoms with van der Waals surface area (Å²) in [6.07, 6.45) is 0.823. The van der Waals surface area contributed by atoms with Gasteiger partial charge in [-0.05, 0) is 33.3 Å². The normalized spacial score (nSPS) is 21.9. The molecule has 3 rings (SSSR count). The standard InChI is InChI=1S/C15H19N3O2S/c1-8-6-10-11(9(2)17-8)12(16)13(21-10)14(19)18-15(3)4-5-20-7-15/h6H,4-5,7,16H2,1-3H3,(H,18,19). The molecule has 0 radical (unpaired) electrons. The highest BCUT2D eigenvalue weighted by molar-refractivity contribution is 7.21. The van der Waals surface area contributed by atoms with Crippen molar-refractivity contribution in [2.24, 2.45) is 0 Å². The minimum atomic E-state index is -0.303. The van der Waals surface area contributed by atoms with Crippen LogP contribution in [0.1, 0.15) is 34.4 Å². The topological polar surface area (TPSA) is 77.2 Å². The SMILES string of the molecule is Cc1cc2sc(C(=O)NC3(C)CCOC3)c(N)c2c(C)n1. The summed E-state index contributed by atoms with van der Waals surface area (Å²) >= 11 is 1.42. The van der Waals surface area contributed by atoms with Crippen LogP contribution in [0.4, 0.5) is 5.69 Å². The molecule has 1 unspecified atom stereocenters. The van der Waals surface area contributed by atoms with Gasteiger partial charge in [0.25, 0.3) is 5.91 Å². The van der Waals surface area contributed by atoms with Crippen molar-refractivity contribution >= 4 is 33.0 Å². The number of pyridine rings is 1. The van der Waals surface area contributed by atoms with Crippen molar-refractivity contribution in [3.05, 3.63) is 22.3 Å². The van der Waals surface area contributed by atoms with Gasteiger partial charge in [-0.3, -0.25) is 9.78 Å². The molecule has 21 heavy (non-hydrogen) atoms. The van der Waals surface area contributed by atoms with Crippen LogP contribution < -0.4 is 11.1 Å². The molecule has 0 bridgehead atoms. The molecule has 3 heterocycles. The van der Waals surface area contributed by atoms with Crippen molar-refractivity contribution in [1.82, 2.24) is 10.3 Å². The third-order valence-electron chi connectivity index (χ3n) is 3.86. The number of nitrogens with two attached hydrogens (primary N) is 1. The van der Waals surface area contributed by atoms with E-state index in [1.165, 1.54) is 11.3 Å². The molecule has 3 N–H and O–H groups in total. The Bertz CT molecular complexity index is 717. The number of rotatable bonds is 2. The number of carbonyl (C=O) groups is 1. The van der Waals surface area contributed by atoms with E-state index in [2.05, 4.69) is 10.3 Å². The van der Waals surface area contributed by atoms with Crippen molar-refractivity contribution in [2.75, 3.05) is 18.9 Å². The molecular formula is C15H19N3O2S. The number of carbonyl (C=O) groups excluding carboxylic acids is 1. The second-order valence-corrected chi connectivity index (χ2v) is 6.94. The first-order chi connectivity index (χ1) is 9.89. The molecule has 1 saturated heterocycles. The summed E-state index contributed by atoms with van der Waals surface area (Å²) < 4.78 is 6.38. The number of aromatic nitrogens is 1. The lowest BCUT2D eigenvalue weighted by Crippen LogP contribution is -2.46. The first kappa shape index (κ1) is 14.3. The molecule has 0 spiro atoms. The summed E-state index contributed by atoms with van der Waals surface area (Å²) in [7, 11) is 0. The fourth-order valence-electron chi connectivity index (χ4n) is 2.74. The largest absolute Gasteiger partial charge is 0.397 e. The van der Waals surface area contributed by atoms with Gasteiger partial charge >= 0.3 is 0 Å². The average molecular weight is 305 g/mol. The van der Waals surface area contributed by atoms with Gasteiger partial charge in [0, 0.05) is 28.1 Å².